The molecule has 2 heterocycles. The normalized spacial score (nSPS) is 12.4. The summed E-state index contributed by atoms with van der Waals surface area (Å²) in [6, 6.07) is 3.65. The zero-order chi connectivity index (χ0) is 14.0. The predicted octanol–water partition coefficient (Wildman–Crippen LogP) is 2.73. The van der Waals surface area contributed by atoms with Crippen molar-refractivity contribution in [2.45, 2.75) is 26.9 Å². The van der Waals surface area contributed by atoms with E-state index < -0.39 is 6.10 Å². The fraction of sp³-hybridized carbons (Fsp3) is 0.357. The largest absolute Gasteiger partial charge is 0.466 e. The van der Waals surface area contributed by atoms with Gasteiger partial charge in [0.1, 0.15) is 17.6 Å². The standard InChI is InChI=1S/C14H17NO3S/c1-8-4-5-19-13(8)12(16)7-15-14(17)11-6-9(2)18-10(11)3/h4-6,12,16H,7H2,1-3H3,(H,15,17)/t12-/m1/s1. The third-order valence-corrected chi connectivity index (χ3v) is 4.07. The van der Waals surface area contributed by atoms with Crippen molar-refractivity contribution in [2.24, 2.45) is 0 Å². The molecule has 0 spiro atoms. The molecule has 0 saturated heterocycles. The number of aryl methyl sites for hydroxylation is 3. The van der Waals surface area contributed by atoms with Crippen LogP contribution in [0, 0.1) is 20.8 Å². The van der Waals surface area contributed by atoms with Gasteiger partial charge in [0.2, 0.25) is 0 Å². The van der Waals surface area contributed by atoms with Crippen molar-refractivity contribution in [1.82, 2.24) is 5.32 Å². The lowest BCUT2D eigenvalue weighted by Crippen LogP contribution is -2.28. The summed E-state index contributed by atoms with van der Waals surface area (Å²) in [4.78, 5) is 12.8. The molecule has 0 unspecified atom stereocenters. The third-order valence-electron chi connectivity index (χ3n) is 2.95. The van der Waals surface area contributed by atoms with E-state index in [4.69, 9.17) is 4.42 Å². The number of hydrogen-bond donors (Lipinski definition) is 2. The highest BCUT2D eigenvalue weighted by atomic mass is 32.1. The van der Waals surface area contributed by atoms with Gasteiger partial charge in [-0.3, -0.25) is 4.79 Å². The van der Waals surface area contributed by atoms with E-state index in [1.54, 1.807) is 19.9 Å². The van der Waals surface area contributed by atoms with Gasteiger partial charge in [0.15, 0.2) is 0 Å². The van der Waals surface area contributed by atoms with Crippen molar-refractivity contribution in [3.8, 4) is 0 Å². The van der Waals surface area contributed by atoms with Crippen molar-refractivity contribution in [3.63, 3.8) is 0 Å². The van der Waals surface area contributed by atoms with E-state index in [0.717, 1.165) is 10.4 Å². The van der Waals surface area contributed by atoms with Crippen LogP contribution in [0.1, 0.15) is 38.4 Å². The Labute approximate surface area is 116 Å². The molecule has 0 aromatic carbocycles. The molecule has 2 aromatic heterocycles. The topological polar surface area (TPSA) is 62.5 Å². The summed E-state index contributed by atoms with van der Waals surface area (Å²) in [5.74, 6) is 1.08. The van der Waals surface area contributed by atoms with Gasteiger partial charge in [0.05, 0.1) is 5.56 Å². The highest BCUT2D eigenvalue weighted by molar-refractivity contribution is 7.10. The Morgan fingerprint density at radius 1 is 1.47 bits per heavy atom. The lowest BCUT2D eigenvalue weighted by atomic mass is 10.2. The van der Waals surface area contributed by atoms with E-state index >= 15 is 0 Å². The Kier molecular flexibility index (Phi) is 4.07. The number of thiophene rings is 1. The molecule has 0 aliphatic carbocycles. The SMILES string of the molecule is Cc1cc(C(=O)NC[C@@H](O)c2sccc2C)c(C)o1. The lowest BCUT2D eigenvalue weighted by molar-refractivity contribution is 0.0916. The molecule has 2 aromatic rings. The average Bonchev–Trinajstić information content (AvgIpc) is 2.91. The smallest absolute Gasteiger partial charge is 0.254 e. The van der Waals surface area contributed by atoms with Crippen LogP contribution in [-0.2, 0) is 0 Å². The summed E-state index contributed by atoms with van der Waals surface area (Å²) < 4.78 is 5.31. The molecule has 0 saturated carbocycles. The Bertz CT molecular complexity index is 585. The van der Waals surface area contributed by atoms with Crippen LogP contribution in [0.3, 0.4) is 0 Å². The van der Waals surface area contributed by atoms with Crippen molar-refractivity contribution in [1.29, 1.82) is 0 Å². The van der Waals surface area contributed by atoms with E-state index in [1.165, 1.54) is 11.3 Å². The molecule has 2 N–H and O–H groups in total. The lowest BCUT2D eigenvalue weighted by Gasteiger charge is -2.11. The monoisotopic (exact) mass is 279 g/mol. The Balaban J connectivity index is 1.98. The zero-order valence-corrected chi connectivity index (χ0v) is 12.0. The van der Waals surface area contributed by atoms with Crippen molar-refractivity contribution < 1.29 is 14.3 Å². The molecule has 1 amide bonds. The van der Waals surface area contributed by atoms with E-state index in [-0.39, 0.29) is 12.5 Å². The van der Waals surface area contributed by atoms with Gasteiger partial charge in [-0.15, -0.1) is 11.3 Å². The van der Waals surface area contributed by atoms with Crippen LogP contribution < -0.4 is 5.32 Å². The van der Waals surface area contributed by atoms with Crippen LogP contribution in [0.25, 0.3) is 0 Å². The van der Waals surface area contributed by atoms with Gasteiger partial charge in [-0.25, -0.2) is 0 Å². The minimum atomic E-state index is -0.669. The number of hydrogen-bond acceptors (Lipinski definition) is 4. The molecule has 0 aliphatic rings. The Morgan fingerprint density at radius 2 is 2.21 bits per heavy atom. The maximum Gasteiger partial charge on any atom is 0.254 e. The number of nitrogens with one attached hydrogen (secondary N) is 1. The average molecular weight is 279 g/mol. The summed E-state index contributed by atoms with van der Waals surface area (Å²) in [7, 11) is 0. The first-order chi connectivity index (χ1) is 8.99. The zero-order valence-electron chi connectivity index (χ0n) is 11.2. The van der Waals surface area contributed by atoms with Crippen LogP contribution in [0.4, 0.5) is 0 Å². The van der Waals surface area contributed by atoms with E-state index in [0.29, 0.717) is 17.1 Å². The summed E-state index contributed by atoms with van der Waals surface area (Å²) >= 11 is 1.49. The molecule has 5 heteroatoms. The van der Waals surface area contributed by atoms with Gasteiger partial charge >= 0.3 is 0 Å². The van der Waals surface area contributed by atoms with E-state index in [2.05, 4.69) is 5.32 Å². The highest BCUT2D eigenvalue weighted by Crippen LogP contribution is 2.23. The third kappa shape index (κ3) is 3.05. The number of aliphatic hydroxyl groups is 1. The van der Waals surface area contributed by atoms with Crippen LogP contribution in [0.15, 0.2) is 21.9 Å². The van der Waals surface area contributed by atoms with E-state index in [1.807, 2.05) is 18.4 Å². The molecule has 0 fully saturated rings. The van der Waals surface area contributed by atoms with Gasteiger partial charge in [-0.1, -0.05) is 0 Å². The Morgan fingerprint density at radius 3 is 2.74 bits per heavy atom. The van der Waals surface area contributed by atoms with Crippen molar-refractivity contribution in [3.05, 3.63) is 45.0 Å². The van der Waals surface area contributed by atoms with E-state index in [9.17, 15) is 9.90 Å². The maximum absolute atomic E-state index is 12.0. The van der Waals surface area contributed by atoms with Gasteiger partial charge in [0, 0.05) is 11.4 Å². The first-order valence-corrected chi connectivity index (χ1v) is 6.94. The Hall–Kier alpha value is -1.59. The number of carbonyl (C=O) groups is 1. The number of rotatable bonds is 4. The molecule has 1 atom stereocenters. The predicted molar refractivity (Wildman–Crippen MR) is 74.5 cm³/mol. The van der Waals surface area contributed by atoms with Gasteiger partial charge in [-0.2, -0.15) is 0 Å². The van der Waals surface area contributed by atoms with Crippen LogP contribution in [0.2, 0.25) is 0 Å². The van der Waals surface area contributed by atoms with Crippen molar-refractivity contribution in [2.75, 3.05) is 6.54 Å². The molecule has 4 nitrogen and oxygen atoms in total. The second-order valence-corrected chi connectivity index (χ2v) is 5.47. The maximum atomic E-state index is 12.0. The fourth-order valence-corrected chi connectivity index (χ4v) is 2.87. The van der Waals surface area contributed by atoms with Gasteiger partial charge in [0.25, 0.3) is 5.91 Å². The molecule has 0 radical (unpaired) electrons. The fourth-order valence-electron chi connectivity index (χ4n) is 1.96. The number of aliphatic hydroxyl groups excluding tert-OH is 1. The van der Waals surface area contributed by atoms with Crippen LogP contribution >= 0.6 is 11.3 Å². The summed E-state index contributed by atoms with van der Waals surface area (Å²) in [6.45, 7) is 5.69. The molecular weight excluding hydrogens is 262 g/mol. The number of carbonyl (C=O) groups excluding carboxylic acids is 1. The van der Waals surface area contributed by atoms with Crippen LogP contribution in [-0.4, -0.2) is 17.6 Å². The first-order valence-electron chi connectivity index (χ1n) is 6.06. The highest BCUT2D eigenvalue weighted by Gasteiger charge is 2.16. The quantitative estimate of drug-likeness (QED) is 0.904. The minimum absolute atomic E-state index is 0.198. The molecular formula is C14H17NO3S. The molecule has 19 heavy (non-hydrogen) atoms. The van der Waals surface area contributed by atoms with Gasteiger partial charge < -0.3 is 14.8 Å². The summed E-state index contributed by atoms with van der Waals surface area (Å²) in [6.07, 6.45) is -0.669. The summed E-state index contributed by atoms with van der Waals surface area (Å²) in [5, 5.41) is 14.7. The molecule has 2 rings (SSSR count). The molecule has 102 valence electrons. The van der Waals surface area contributed by atoms with Gasteiger partial charge in [-0.05, 0) is 43.8 Å². The number of amides is 1. The summed E-state index contributed by atoms with van der Waals surface area (Å²) in [5.41, 5.74) is 1.56. The van der Waals surface area contributed by atoms with Crippen molar-refractivity contribution >= 4 is 17.2 Å². The number of furan rings is 1. The van der Waals surface area contributed by atoms with Crippen LogP contribution in [0.5, 0.6) is 0 Å². The molecule has 0 bridgehead atoms. The second-order valence-electron chi connectivity index (χ2n) is 4.52. The minimum Gasteiger partial charge on any atom is -0.466 e. The second kappa shape index (κ2) is 5.59. The molecule has 0 aliphatic heterocycles. The first kappa shape index (κ1) is 13.8.